The Hall–Kier alpha value is -3.46. The number of anilines is 2. The number of nitrogens with zero attached hydrogens (tertiary/aromatic N) is 4. The highest BCUT2D eigenvalue weighted by Gasteiger charge is 2.23. The van der Waals surface area contributed by atoms with Crippen molar-refractivity contribution in [3.8, 4) is 11.3 Å². The predicted octanol–water partition coefficient (Wildman–Crippen LogP) is 5.12. The normalized spacial score (nSPS) is 12.5. The second-order valence-electron chi connectivity index (χ2n) is 9.33. The molecule has 0 fully saturated rings. The topological polar surface area (TPSA) is 74.6 Å². The molecule has 4 aromatic rings. The van der Waals surface area contributed by atoms with E-state index in [1.54, 1.807) is 16.6 Å². The lowest BCUT2D eigenvalue weighted by molar-refractivity contribution is -0.120. The highest BCUT2D eigenvalue weighted by atomic mass is 32.1. The van der Waals surface area contributed by atoms with Crippen molar-refractivity contribution in [2.75, 3.05) is 23.8 Å². The van der Waals surface area contributed by atoms with Crippen molar-refractivity contribution in [1.82, 2.24) is 19.9 Å². The number of hydrogen-bond donors (Lipinski definition) is 2. The number of fused-ring (bicyclic) bond motifs is 1. The Morgan fingerprint density at radius 1 is 1.15 bits per heavy atom. The van der Waals surface area contributed by atoms with Gasteiger partial charge in [0, 0.05) is 18.2 Å². The number of imidazole rings is 1. The molecule has 0 unspecified atom stereocenters. The van der Waals surface area contributed by atoms with Crippen LogP contribution in [0.15, 0.2) is 54.6 Å². The van der Waals surface area contributed by atoms with Crippen LogP contribution in [0.2, 0.25) is 0 Å². The zero-order valence-corrected chi connectivity index (χ0v) is 20.8. The van der Waals surface area contributed by atoms with Crippen molar-refractivity contribution in [2.24, 2.45) is 0 Å². The summed E-state index contributed by atoms with van der Waals surface area (Å²) in [6, 6.07) is 16.0. The van der Waals surface area contributed by atoms with Crippen LogP contribution < -0.4 is 15.5 Å². The van der Waals surface area contributed by atoms with E-state index in [-0.39, 0.29) is 29.8 Å². The molecule has 2 aromatic carbocycles. The maximum Gasteiger partial charge on any atom is 0.240 e. The third-order valence-electron chi connectivity index (χ3n) is 5.19. The number of aromatic nitrogens is 3. The van der Waals surface area contributed by atoms with Gasteiger partial charge < -0.3 is 15.5 Å². The van der Waals surface area contributed by atoms with Crippen molar-refractivity contribution in [3.05, 3.63) is 66.0 Å². The van der Waals surface area contributed by atoms with Crippen LogP contribution in [0.5, 0.6) is 0 Å². The summed E-state index contributed by atoms with van der Waals surface area (Å²) in [4.78, 5) is 19.9. The fourth-order valence-electron chi connectivity index (χ4n) is 3.56. The van der Waals surface area contributed by atoms with E-state index in [1.165, 1.54) is 23.5 Å². The molecule has 0 bridgehead atoms. The monoisotopic (exact) mass is 480 g/mol. The van der Waals surface area contributed by atoms with Crippen molar-refractivity contribution in [1.29, 1.82) is 0 Å². The molecule has 9 heteroatoms. The minimum absolute atomic E-state index is 0.0865. The summed E-state index contributed by atoms with van der Waals surface area (Å²) in [6.07, 6.45) is 0. The van der Waals surface area contributed by atoms with Crippen LogP contribution in [0.4, 0.5) is 15.3 Å². The van der Waals surface area contributed by atoms with Crippen LogP contribution in [0.25, 0.3) is 16.2 Å². The van der Waals surface area contributed by atoms with Gasteiger partial charge in [-0.1, -0.05) is 41.7 Å². The number of likely N-dealkylation sites (N-methyl/N-ethyl adjacent to an activating group) is 1. The molecule has 4 rings (SSSR count). The summed E-state index contributed by atoms with van der Waals surface area (Å²) in [6.45, 7) is 8.29. The van der Waals surface area contributed by atoms with Crippen molar-refractivity contribution in [3.63, 3.8) is 0 Å². The minimum atomic E-state index is -0.294. The number of carbonyl (C=O) groups is 1. The second kappa shape index (κ2) is 9.42. The molecular formula is C25H29FN6OS. The van der Waals surface area contributed by atoms with Crippen LogP contribution in [-0.4, -0.2) is 39.6 Å². The molecular weight excluding hydrogens is 451 g/mol. The number of carbonyl (C=O) groups excluding carboxylic acids is 1. The maximum absolute atomic E-state index is 13.5. The highest BCUT2D eigenvalue weighted by molar-refractivity contribution is 7.20. The van der Waals surface area contributed by atoms with Gasteiger partial charge in [-0.05, 0) is 57.5 Å². The Morgan fingerprint density at radius 3 is 2.47 bits per heavy atom. The van der Waals surface area contributed by atoms with Crippen LogP contribution in [0, 0.1) is 5.82 Å². The standard InChI is InChI=1S/C25H29FN6OS/c1-16(17-9-7-6-8-10-17)27-20(33)15-31(5)24-30-32-22(29-25(2,3)4)21(28-23(32)34-24)18-11-13-19(26)14-12-18/h6-14,16,29H,15H2,1-5H3,(H,27,33)/t16-/m0/s1. The van der Waals surface area contributed by atoms with Gasteiger partial charge in [0.15, 0.2) is 5.82 Å². The Labute approximate surface area is 202 Å². The molecule has 0 radical (unpaired) electrons. The maximum atomic E-state index is 13.5. The number of amides is 1. The number of hydrogen-bond acceptors (Lipinski definition) is 6. The lowest BCUT2D eigenvalue weighted by Gasteiger charge is -2.22. The van der Waals surface area contributed by atoms with E-state index in [0.29, 0.717) is 15.8 Å². The number of nitrogens with one attached hydrogen (secondary N) is 2. The van der Waals surface area contributed by atoms with Gasteiger partial charge in [0.1, 0.15) is 11.5 Å². The summed E-state index contributed by atoms with van der Waals surface area (Å²) in [7, 11) is 1.84. The van der Waals surface area contributed by atoms with Gasteiger partial charge in [-0.2, -0.15) is 4.52 Å². The summed E-state index contributed by atoms with van der Waals surface area (Å²) in [5.74, 6) is 0.343. The average Bonchev–Trinajstić information content (AvgIpc) is 3.33. The third kappa shape index (κ3) is 5.36. The van der Waals surface area contributed by atoms with E-state index in [9.17, 15) is 9.18 Å². The van der Waals surface area contributed by atoms with Crippen LogP contribution >= 0.6 is 11.3 Å². The Balaban J connectivity index is 1.56. The molecule has 7 nitrogen and oxygen atoms in total. The molecule has 178 valence electrons. The lowest BCUT2D eigenvalue weighted by Crippen LogP contribution is -2.36. The van der Waals surface area contributed by atoms with Crippen LogP contribution in [0.1, 0.15) is 39.3 Å². The number of rotatable bonds is 7. The number of benzene rings is 2. The minimum Gasteiger partial charge on any atom is -0.364 e. The summed E-state index contributed by atoms with van der Waals surface area (Å²) in [5.41, 5.74) is 2.32. The molecule has 2 heterocycles. The first kappa shape index (κ1) is 23.7. The fraction of sp³-hybridized carbons (Fsp3) is 0.320. The summed E-state index contributed by atoms with van der Waals surface area (Å²) >= 11 is 1.39. The molecule has 1 amide bonds. The van der Waals surface area contributed by atoms with Gasteiger partial charge in [-0.15, -0.1) is 5.10 Å². The zero-order valence-electron chi connectivity index (χ0n) is 20.0. The largest absolute Gasteiger partial charge is 0.364 e. The predicted molar refractivity (Wildman–Crippen MR) is 136 cm³/mol. The zero-order chi connectivity index (χ0) is 24.5. The van der Waals surface area contributed by atoms with E-state index in [1.807, 2.05) is 49.2 Å². The highest BCUT2D eigenvalue weighted by Crippen LogP contribution is 2.34. The van der Waals surface area contributed by atoms with E-state index >= 15 is 0 Å². The SMILES string of the molecule is C[C@H](NC(=O)CN(C)c1nn2c(NC(C)(C)C)c(-c3ccc(F)cc3)nc2s1)c1ccccc1. The molecule has 2 N–H and O–H groups in total. The Kier molecular flexibility index (Phi) is 6.56. The third-order valence-corrected chi connectivity index (χ3v) is 6.21. The molecule has 0 saturated carbocycles. The van der Waals surface area contributed by atoms with Crippen molar-refractivity contribution in [2.45, 2.75) is 39.3 Å². The quantitative estimate of drug-likeness (QED) is 0.384. The summed E-state index contributed by atoms with van der Waals surface area (Å²) in [5, 5.41) is 11.9. The molecule has 0 spiro atoms. The molecule has 0 aliphatic heterocycles. The van der Waals surface area contributed by atoms with E-state index in [0.717, 1.165) is 16.9 Å². The summed E-state index contributed by atoms with van der Waals surface area (Å²) < 4.78 is 15.2. The molecule has 0 saturated heterocycles. The van der Waals surface area contributed by atoms with Gasteiger partial charge in [0.25, 0.3) is 0 Å². The Morgan fingerprint density at radius 2 is 1.82 bits per heavy atom. The van der Waals surface area contributed by atoms with E-state index < -0.39 is 0 Å². The molecule has 34 heavy (non-hydrogen) atoms. The van der Waals surface area contributed by atoms with Gasteiger partial charge in [-0.3, -0.25) is 4.79 Å². The fourth-order valence-corrected chi connectivity index (χ4v) is 4.43. The molecule has 2 aromatic heterocycles. The first-order valence-electron chi connectivity index (χ1n) is 11.1. The lowest BCUT2D eigenvalue weighted by atomic mass is 10.1. The average molecular weight is 481 g/mol. The first-order valence-corrected chi connectivity index (χ1v) is 11.9. The van der Waals surface area contributed by atoms with Gasteiger partial charge in [0.2, 0.25) is 16.0 Å². The van der Waals surface area contributed by atoms with E-state index in [4.69, 9.17) is 10.1 Å². The second-order valence-corrected chi connectivity index (χ2v) is 10.3. The van der Waals surface area contributed by atoms with Crippen molar-refractivity contribution >= 4 is 33.2 Å². The van der Waals surface area contributed by atoms with Crippen molar-refractivity contribution < 1.29 is 9.18 Å². The van der Waals surface area contributed by atoms with Gasteiger partial charge >= 0.3 is 0 Å². The van der Waals surface area contributed by atoms with Gasteiger partial charge in [0.05, 0.1) is 12.6 Å². The first-order chi connectivity index (χ1) is 16.1. The smallest absolute Gasteiger partial charge is 0.240 e. The van der Waals surface area contributed by atoms with Gasteiger partial charge in [-0.25, -0.2) is 9.37 Å². The Bertz CT molecular complexity index is 1280. The van der Waals surface area contributed by atoms with Crippen LogP contribution in [0.3, 0.4) is 0 Å². The van der Waals surface area contributed by atoms with E-state index in [2.05, 4.69) is 31.4 Å². The molecule has 1 atom stereocenters. The van der Waals surface area contributed by atoms with Crippen LogP contribution in [-0.2, 0) is 4.79 Å². The number of halogens is 1. The molecule has 0 aliphatic rings. The molecule has 0 aliphatic carbocycles.